The number of carbonyl (C=O) groups is 1. The Morgan fingerprint density at radius 2 is 2.00 bits per heavy atom. The smallest absolute Gasteiger partial charge is 0.410 e. The van der Waals surface area contributed by atoms with E-state index in [-0.39, 0.29) is 11.5 Å². The lowest BCUT2D eigenvalue weighted by molar-refractivity contribution is 0.0170. The monoisotopic (exact) mass is 394 g/mol. The van der Waals surface area contributed by atoms with Gasteiger partial charge in [0.05, 0.1) is 11.9 Å². The molecule has 0 radical (unpaired) electrons. The van der Waals surface area contributed by atoms with Gasteiger partial charge in [0, 0.05) is 18.5 Å². The largest absolute Gasteiger partial charge is 0.444 e. The summed E-state index contributed by atoms with van der Waals surface area (Å²) in [5.74, 6) is 0.101. The molecule has 146 valence electrons. The van der Waals surface area contributed by atoms with Crippen LogP contribution in [0.25, 0.3) is 11.5 Å². The molecular formula is C19H24ClFN4O2. The summed E-state index contributed by atoms with van der Waals surface area (Å²) < 4.78 is 18.5. The molecular weight excluding hydrogens is 371 g/mol. The standard InChI is InChI=1S/C19H24ClFN4O2/c1-18(2,3)27-17(26)25-9-7-19(4,8-10-25)14-15(20)24-16(23-14)13-6-5-12(21)11-22-13/h5-6,11H,7-10H2,1-4H3,(H,23,24). The highest BCUT2D eigenvalue weighted by Crippen LogP contribution is 2.38. The zero-order valence-electron chi connectivity index (χ0n) is 16.0. The number of rotatable bonds is 2. The number of nitrogens with zero attached hydrogens (tertiary/aromatic N) is 3. The van der Waals surface area contributed by atoms with Crippen LogP contribution in [0.15, 0.2) is 18.3 Å². The maximum atomic E-state index is 13.1. The maximum absolute atomic E-state index is 13.1. The third kappa shape index (κ3) is 4.40. The molecule has 0 atom stereocenters. The Balaban J connectivity index is 1.74. The first-order valence-electron chi connectivity index (χ1n) is 8.93. The van der Waals surface area contributed by atoms with Gasteiger partial charge in [-0.15, -0.1) is 0 Å². The van der Waals surface area contributed by atoms with Crippen LogP contribution in [0.1, 0.15) is 46.2 Å². The van der Waals surface area contributed by atoms with E-state index in [1.54, 1.807) is 11.0 Å². The fraction of sp³-hybridized carbons (Fsp3) is 0.526. The fourth-order valence-corrected chi connectivity index (χ4v) is 3.51. The van der Waals surface area contributed by atoms with Crippen molar-refractivity contribution in [2.45, 2.75) is 51.6 Å². The second-order valence-electron chi connectivity index (χ2n) is 8.14. The van der Waals surface area contributed by atoms with Crippen LogP contribution >= 0.6 is 11.6 Å². The fourth-order valence-electron chi connectivity index (χ4n) is 3.15. The van der Waals surface area contributed by atoms with Crippen molar-refractivity contribution in [1.29, 1.82) is 0 Å². The summed E-state index contributed by atoms with van der Waals surface area (Å²) in [4.78, 5) is 25.6. The molecule has 1 fully saturated rings. The predicted octanol–water partition coefficient (Wildman–Crippen LogP) is 4.55. The maximum Gasteiger partial charge on any atom is 0.410 e. The van der Waals surface area contributed by atoms with Crippen LogP contribution in [0.5, 0.6) is 0 Å². The average Bonchev–Trinajstić information content (AvgIpc) is 2.97. The second kappa shape index (κ2) is 7.11. The Morgan fingerprint density at radius 3 is 2.56 bits per heavy atom. The van der Waals surface area contributed by atoms with Gasteiger partial charge in [0.2, 0.25) is 0 Å². The first kappa shape index (κ1) is 19.6. The molecule has 0 bridgehead atoms. The van der Waals surface area contributed by atoms with E-state index in [0.29, 0.717) is 29.8 Å². The van der Waals surface area contributed by atoms with Crippen molar-refractivity contribution in [2.24, 2.45) is 0 Å². The summed E-state index contributed by atoms with van der Waals surface area (Å²) in [6.45, 7) is 8.81. The lowest BCUT2D eigenvalue weighted by Crippen LogP contribution is -2.46. The van der Waals surface area contributed by atoms with Gasteiger partial charge in [-0.25, -0.2) is 19.2 Å². The van der Waals surface area contributed by atoms with Crippen LogP contribution in [0.4, 0.5) is 9.18 Å². The van der Waals surface area contributed by atoms with E-state index in [0.717, 1.165) is 24.7 Å². The number of amides is 1. The molecule has 1 saturated heterocycles. The van der Waals surface area contributed by atoms with Crippen molar-refractivity contribution in [3.05, 3.63) is 35.0 Å². The minimum absolute atomic E-state index is 0.249. The molecule has 0 aliphatic carbocycles. The first-order chi connectivity index (χ1) is 12.6. The summed E-state index contributed by atoms with van der Waals surface area (Å²) in [5.41, 5.74) is 0.580. The van der Waals surface area contributed by atoms with E-state index in [1.807, 2.05) is 20.8 Å². The zero-order valence-corrected chi connectivity index (χ0v) is 16.7. The first-order valence-corrected chi connectivity index (χ1v) is 9.31. The van der Waals surface area contributed by atoms with Crippen molar-refractivity contribution in [1.82, 2.24) is 19.9 Å². The third-order valence-electron chi connectivity index (χ3n) is 4.75. The Morgan fingerprint density at radius 1 is 1.33 bits per heavy atom. The van der Waals surface area contributed by atoms with Gasteiger partial charge in [0.1, 0.15) is 17.1 Å². The Labute approximate surface area is 163 Å². The van der Waals surface area contributed by atoms with E-state index in [1.165, 1.54) is 6.07 Å². The number of carbonyl (C=O) groups excluding carboxylic acids is 1. The van der Waals surface area contributed by atoms with E-state index in [9.17, 15) is 9.18 Å². The van der Waals surface area contributed by atoms with Gasteiger partial charge in [-0.1, -0.05) is 18.5 Å². The molecule has 0 aromatic carbocycles. The number of ether oxygens (including phenoxy) is 1. The molecule has 8 heteroatoms. The van der Waals surface area contributed by atoms with Crippen molar-refractivity contribution in [3.63, 3.8) is 0 Å². The van der Waals surface area contributed by atoms with Gasteiger partial charge in [-0.05, 0) is 45.7 Å². The quantitative estimate of drug-likeness (QED) is 0.810. The van der Waals surface area contributed by atoms with Crippen molar-refractivity contribution >= 4 is 17.7 Å². The summed E-state index contributed by atoms with van der Waals surface area (Å²) in [7, 11) is 0. The number of piperidine rings is 1. The Bertz CT molecular complexity index is 821. The SMILES string of the molecule is CC(C)(C)OC(=O)N1CCC(C)(c2[nH]c(-c3ccc(F)cn3)nc2Cl)CC1. The van der Waals surface area contributed by atoms with Crippen molar-refractivity contribution < 1.29 is 13.9 Å². The summed E-state index contributed by atoms with van der Waals surface area (Å²) in [6, 6.07) is 2.89. The summed E-state index contributed by atoms with van der Waals surface area (Å²) in [5, 5.41) is 0.379. The minimum atomic E-state index is -0.512. The molecule has 1 N–H and O–H groups in total. The van der Waals surface area contributed by atoms with E-state index >= 15 is 0 Å². The number of likely N-dealkylation sites (tertiary alicyclic amines) is 1. The minimum Gasteiger partial charge on any atom is -0.444 e. The topological polar surface area (TPSA) is 71.1 Å². The molecule has 0 saturated carbocycles. The average molecular weight is 395 g/mol. The molecule has 27 heavy (non-hydrogen) atoms. The second-order valence-corrected chi connectivity index (χ2v) is 8.50. The van der Waals surface area contributed by atoms with E-state index in [2.05, 4.69) is 21.9 Å². The van der Waals surface area contributed by atoms with Crippen LogP contribution in [0.3, 0.4) is 0 Å². The number of pyridine rings is 1. The van der Waals surface area contributed by atoms with Gasteiger partial charge in [-0.2, -0.15) is 0 Å². The molecule has 1 amide bonds. The number of aromatic nitrogens is 3. The van der Waals surface area contributed by atoms with Gasteiger partial charge >= 0.3 is 6.09 Å². The van der Waals surface area contributed by atoms with Crippen LogP contribution < -0.4 is 0 Å². The highest BCUT2D eigenvalue weighted by Gasteiger charge is 2.38. The Hall–Kier alpha value is -2.15. The normalized spacial score (nSPS) is 17.0. The molecule has 1 aliphatic rings. The van der Waals surface area contributed by atoms with E-state index < -0.39 is 11.4 Å². The number of H-pyrrole nitrogens is 1. The van der Waals surface area contributed by atoms with Crippen LogP contribution in [-0.4, -0.2) is 44.6 Å². The third-order valence-corrected chi connectivity index (χ3v) is 5.03. The lowest BCUT2D eigenvalue weighted by atomic mass is 9.78. The molecule has 0 spiro atoms. The summed E-state index contributed by atoms with van der Waals surface area (Å²) >= 11 is 6.39. The molecule has 2 aromatic rings. The van der Waals surface area contributed by atoms with Gasteiger partial charge in [0.15, 0.2) is 11.0 Å². The van der Waals surface area contributed by atoms with Crippen molar-refractivity contribution in [3.8, 4) is 11.5 Å². The highest BCUT2D eigenvalue weighted by molar-refractivity contribution is 6.30. The van der Waals surface area contributed by atoms with Gasteiger partial charge in [0.25, 0.3) is 0 Å². The number of nitrogens with one attached hydrogen (secondary N) is 1. The number of hydrogen-bond donors (Lipinski definition) is 1. The molecule has 3 heterocycles. The predicted molar refractivity (Wildman–Crippen MR) is 101 cm³/mol. The summed E-state index contributed by atoms with van der Waals surface area (Å²) in [6.07, 6.45) is 2.30. The number of imidazole rings is 1. The number of halogens is 2. The highest BCUT2D eigenvalue weighted by atomic mass is 35.5. The molecule has 0 unspecified atom stereocenters. The van der Waals surface area contributed by atoms with Gasteiger partial charge in [-0.3, -0.25) is 0 Å². The van der Waals surface area contributed by atoms with Crippen molar-refractivity contribution in [2.75, 3.05) is 13.1 Å². The van der Waals surface area contributed by atoms with Crippen LogP contribution in [0, 0.1) is 5.82 Å². The lowest BCUT2D eigenvalue weighted by Gasteiger charge is -2.39. The molecule has 6 nitrogen and oxygen atoms in total. The zero-order chi connectivity index (χ0) is 19.8. The van der Waals surface area contributed by atoms with Crippen LogP contribution in [0.2, 0.25) is 5.15 Å². The Kier molecular flexibility index (Phi) is 5.16. The van der Waals surface area contributed by atoms with Gasteiger partial charge < -0.3 is 14.6 Å². The number of aromatic amines is 1. The number of hydrogen-bond acceptors (Lipinski definition) is 4. The molecule has 3 rings (SSSR count). The molecule has 2 aromatic heterocycles. The van der Waals surface area contributed by atoms with E-state index in [4.69, 9.17) is 16.3 Å². The van der Waals surface area contributed by atoms with Crippen LogP contribution in [-0.2, 0) is 10.2 Å². The molecule has 1 aliphatic heterocycles.